The molecule has 4 N–H and O–H groups in total. The standard InChI is InChI=1S/C21H19ClF2N2O4/c22-13-5-6-18(29)16(9-13)17-7-12(8-20(26-17)25-10-14(28)11-27)15-3-1-2-4-19(15)30-21(23)24/h1-9,14,21,27-29H,10-11H2,(H,25,26). The van der Waals surface area contributed by atoms with Crippen molar-refractivity contribution in [2.75, 3.05) is 18.5 Å². The van der Waals surface area contributed by atoms with Gasteiger partial charge in [-0.25, -0.2) is 4.98 Å². The van der Waals surface area contributed by atoms with E-state index in [4.69, 9.17) is 16.7 Å². The highest BCUT2D eigenvalue weighted by atomic mass is 35.5. The molecule has 1 unspecified atom stereocenters. The number of aliphatic hydroxyl groups excluding tert-OH is 2. The molecule has 0 spiro atoms. The van der Waals surface area contributed by atoms with Gasteiger partial charge in [0, 0.05) is 22.7 Å². The monoisotopic (exact) mass is 436 g/mol. The lowest BCUT2D eigenvalue weighted by Gasteiger charge is -2.15. The topological polar surface area (TPSA) is 94.8 Å². The molecule has 30 heavy (non-hydrogen) atoms. The summed E-state index contributed by atoms with van der Waals surface area (Å²) in [6.07, 6.45) is -1.02. The van der Waals surface area contributed by atoms with Crippen LogP contribution >= 0.6 is 11.6 Å². The third-order valence-electron chi connectivity index (χ3n) is 4.20. The quantitative estimate of drug-likeness (QED) is 0.424. The first kappa shape index (κ1) is 21.8. The largest absolute Gasteiger partial charge is 0.507 e. The zero-order valence-electron chi connectivity index (χ0n) is 15.6. The average Bonchev–Trinajstić information content (AvgIpc) is 2.73. The average molecular weight is 437 g/mol. The normalized spacial score (nSPS) is 12.1. The van der Waals surface area contributed by atoms with Gasteiger partial charge in [-0.05, 0) is 42.0 Å². The summed E-state index contributed by atoms with van der Waals surface area (Å²) in [4.78, 5) is 4.42. The van der Waals surface area contributed by atoms with Crippen molar-refractivity contribution < 1.29 is 28.8 Å². The van der Waals surface area contributed by atoms with Crippen LogP contribution in [0.5, 0.6) is 11.5 Å². The molecule has 0 bridgehead atoms. The number of ether oxygens (including phenoxy) is 1. The van der Waals surface area contributed by atoms with Crippen LogP contribution in [0.1, 0.15) is 0 Å². The number of halogens is 3. The lowest BCUT2D eigenvalue weighted by molar-refractivity contribution is -0.0494. The van der Waals surface area contributed by atoms with E-state index >= 15 is 0 Å². The molecule has 1 heterocycles. The van der Waals surface area contributed by atoms with Crippen LogP contribution in [0.3, 0.4) is 0 Å². The smallest absolute Gasteiger partial charge is 0.387 e. The molecule has 9 heteroatoms. The summed E-state index contributed by atoms with van der Waals surface area (Å²) in [5.41, 5.74) is 1.52. The van der Waals surface area contributed by atoms with Gasteiger partial charge in [0.05, 0.1) is 18.4 Å². The molecule has 0 amide bonds. The van der Waals surface area contributed by atoms with E-state index in [1.54, 1.807) is 30.3 Å². The number of alkyl halides is 2. The molecule has 1 atom stereocenters. The maximum atomic E-state index is 12.8. The maximum Gasteiger partial charge on any atom is 0.387 e. The van der Waals surface area contributed by atoms with E-state index in [1.807, 2.05) is 0 Å². The molecular formula is C21H19ClF2N2O4. The highest BCUT2D eigenvalue weighted by Crippen LogP contribution is 2.37. The fourth-order valence-electron chi connectivity index (χ4n) is 2.82. The molecule has 3 aromatic rings. The van der Waals surface area contributed by atoms with Crippen LogP contribution in [-0.4, -0.2) is 46.2 Å². The van der Waals surface area contributed by atoms with Crippen LogP contribution < -0.4 is 10.1 Å². The van der Waals surface area contributed by atoms with Crippen LogP contribution in [0.15, 0.2) is 54.6 Å². The second-order valence-electron chi connectivity index (χ2n) is 6.38. The van der Waals surface area contributed by atoms with Crippen molar-refractivity contribution in [2.45, 2.75) is 12.7 Å². The minimum Gasteiger partial charge on any atom is -0.507 e. The zero-order chi connectivity index (χ0) is 21.7. The molecule has 6 nitrogen and oxygen atoms in total. The number of benzene rings is 2. The van der Waals surface area contributed by atoms with Gasteiger partial charge in [0.2, 0.25) is 0 Å². The van der Waals surface area contributed by atoms with Crippen molar-refractivity contribution in [2.24, 2.45) is 0 Å². The number of aromatic hydroxyl groups is 1. The van der Waals surface area contributed by atoms with E-state index < -0.39 is 19.3 Å². The predicted octanol–water partition coefficient (Wildman–Crippen LogP) is 4.14. The lowest BCUT2D eigenvalue weighted by atomic mass is 10.0. The predicted molar refractivity (Wildman–Crippen MR) is 110 cm³/mol. The van der Waals surface area contributed by atoms with Gasteiger partial charge in [-0.1, -0.05) is 29.8 Å². The zero-order valence-corrected chi connectivity index (χ0v) is 16.4. The molecule has 0 aliphatic rings. The van der Waals surface area contributed by atoms with Gasteiger partial charge in [-0.3, -0.25) is 0 Å². The highest BCUT2D eigenvalue weighted by Gasteiger charge is 2.15. The number of aliphatic hydroxyl groups is 2. The van der Waals surface area contributed by atoms with Crippen LogP contribution in [0.25, 0.3) is 22.4 Å². The number of phenolic OH excluding ortho intramolecular Hbond substituents is 1. The number of nitrogens with zero attached hydrogens (tertiary/aromatic N) is 1. The molecule has 0 aliphatic heterocycles. The van der Waals surface area contributed by atoms with Gasteiger partial charge in [0.1, 0.15) is 17.3 Å². The first-order valence-corrected chi connectivity index (χ1v) is 9.33. The molecular weight excluding hydrogens is 418 g/mol. The molecule has 0 radical (unpaired) electrons. The minimum atomic E-state index is -3.00. The molecule has 1 aromatic heterocycles. The molecule has 3 rings (SSSR count). The number of hydrogen-bond acceptors (Lipinski definition) is 6. The van der Waals surface area contributed by atoms with Crippen LogP contribution in [0.2, 0.25) is 5.02 Å². The van der Waals surface area contributed by atoms with Crippen molar-refractivity contribution >= 4 is 17.4 Å². The fourth-order valence-corrected chi connectivity index (χ4v) is 2.99. The van der Waals surface area contributed by atoms with Gasteiger partial charge < -0.3 is 25.4 Å². The Hall–Kier alpha value is -2.94. The maximum absolute atomic E-state index is 12.8. The summed E-state index contributed by atoms with van der Waals surface area (Å²) in [6, 6.07) is 13.9. The van der Waals surface area contributed by atoms with Gasteiger partial charge >= 0.3 is 6.61 Å². The lowest BCUT2D eigenvalue weighted by Crippen LogP contribution is -2.23. The van der Waals surface area contributed by atoms with E-state index in [0.29, 0.717) is 33.2 Å². The molecule has 158 valence electrons. The summed E-state index contributed by atoms with van der Waals surface area (Å²) >= 11 is 6.05. The number of phenols is 1. The van der Waals surface area contributed by atoms with Gasteiger partial charge in [0.15, 0.2) is 0 Å². The Morgan fingerprint density at radius 2 is 1.83 bits per heavy atom. The van der Waals surface area contributed by atoms with Crippen molar-refractivity contribution in [3.63, 3.8) is 0 Å². The number of aromatic nitrogens is 1. The second-order valence-corrected chi connectivity index (χ2v) is 6.82. The molecule has 0 saturated heterocycles. The number of rotatable bonds is 8. The number of anilines is 1. The number of pyridine rings is 1. The summed E-state index contributed by atoms with van der Waals surface area (Å²) in [6.45, 7) is -3.44. The van der Waals surface area contributed by atoms with Crippen LogP contribution in [-0.2, 0) is 0 Å². The van der Waals surface area contributed by atoms with Crippen LogP contribution in [0, 0.1) is 0 Å². The van der Waals surface area contributed by atoms with Crippen molar-refractivity contribution in [1.29, 1.82) is 0 Å². The third-order valence-corrected chi connectivity index (χ3v) is 4.44. The Morgan fingerprint density at radius 1 is 1.07 bits per heavy atom. The summed E-state index contributed by atoms with van der Waals surface area (Å²) in [7, 11) is 0. The molecule has 0 saturated carbocycles. The number of hydrogen-bond donors (Lipinski definition) is 4. The van der Waals surface area contributed by atoms with E-state index in [1.165, 1.54) is 24.3 Å². The first-order chi connectivity index (χ1) is 14.4. The Kier molecular flexibility index (Phi) is 7.04. The van der Waals surface area contributed by atoms with Gasteiger partial charge in [-0.15, -0.1) is 0 Å². The van der Waals surface area contributed by atoms with E-state index in [2.05, 4.69) is 15.0 Å². The number of nitrogens with one attached hydrogen (secondary N) is 1. The number of para-hydroxylation sites is 1. The van der Waals surface area contributed by atoms with Crippen molar-refractivity contribution in [1.82, 2.24) is 4.98 Å². The van der Waals surface area contributed by atoms with Gasteiger partial charge in [0.25, 0.3) is 0 Å². The van der Waals surface area contributed by atoms with Crippen molar-refractivity contribution in [3.05, 3.63) is 59.6 Å². The summed E-state index contributed by atoms with van der Waals surface area (Å²) in [5, 5.41) is 32.2. The van der Waals surface area contributed by atoms with E-state index in [-0.39, 0.29) is 18.0 Å². The Balaban J connectivity index is 2.12. The second kappa shape index (κ2) is 9.71. The molecule has 0 fully saturated rings. The molecule has 0 aliphatic carbocycles. The van der Waals surface area contributed by atoms with Gasteiger partial charge in [-0.2, -0.15) is 8.78 Å². The highest BCUT2D eigenvalue weighted by molar-refractivity contribution is 6.31. The Bertz CT molecular complexity index is 1020. The van der Waals surface area contributed by atoms with Crippen LogP contribution in [0.4, 0.5) is 14.6 Å². The Labute approximate surface area is 176 Å². The first-order valence-electron chi connectivity index (χ1n) is 8.95. The fraction of sp³-hybridized carbons (Fsp3) is 0.190. The summed E-state index contributed by atoms with van der Waals surface area (Å²) < 4.78 is 30.3. The van der Waals surface area contributed by atoms with Crippen molar-refractivity contribution in [3.8, 4) is 33.9 Å². The Morgan fingerprint density at radius 3 is 2.57 bits per heavy atom. The SMILES string of the molecule is OCC(O)CNc1cc(-c2ccccc2OC(F)F)cc(-c2cc(Cl)ccc2O)n1. The van der Waals surface area contributed by atoms with E-state index in [9.17, 15) is 19.0 Å². The minimum absolute atomic E-state index is 0.00308. The van der Waals surface area contributed by atoms with E-state index in [0.717, 1.165) is 0 Å². The molecule has 2 aromatic carbocycles. The summed E-state index contributed by atoms with van der Waals surface area (Å²) in [5.74, 6) is 0.199. The third kappa shape index (κ3) is 5.35.